The molecule has 1 aromatic heterocycles. The number of nitrogens with one attached hydrogen (secondary N) is 1. The third-order valence-corrected chi connectivity index (χ3v) is 2.49. The van der Waals surface area contributed by atoms with Crippen molar-refractivity contribution in [2.45, 2.75) is 12.5 Å². The fourth-order valence-electron chi connectivity index (χ4n) is 1.02. The number of aliphatic hydroxyl groups is 1. The van der Waals surface area contributed by atoms with Crippen LogP contribution in [-0.2, 0) is 4.79 Å². The molecule has 0 saturated heterocycles. The molecular formula is C9H11NO4S. The number of thiophene rings is 1. The average Bonchev–Trinajstić information content (AvgIpc) is 2.69. The summed E-state index contributed by atoms with van der Waals surface area (Å²) in [6.07, 6.45) is 0.00517. The van der Waals surface area contributed by atoms with E-state index < -0.39 is 17.9 Å². The van der Waals surface area contributed by atoms with Crippen LogP contribution in [0.1, 0.15) is 16.8 Å². The van der Waals surface area contributed by atoms with Gasteiger partial charge in [-0.25, -0.2) is 4.79 Å². The second-order valence-corrected chi connectivity index (χ2v) is 3.67. The van der Waals surface area contributed by atoms with E-state index in [0.717, 1.165) is 0 Å². The van der Waals surface area contributed by atoms with E-state index in [2.05, 4.69) is 5.32 Å². The molecule has 1 heterocycles. The summed E-state index contributed by atoms with van der Waals surface area (Å²) in [6, 6.07) is 0.570. The van der Waals surface area contributed by atoms with Crippen molar-refractivity contribution in [2.24, 2.45) is 0 Å². The molecule has 1 rings (SSSR count). The smallest absolute Gasteiger partial charge is 0.326 e. The van der Waals surface area contributed by atoms with E-state index in [4.69, 9.17) is 10.2 Å². The van der Waals surface area contributed by atoms with Gasteiger partial charge in [-0.2, -0.15) is 11.3 Å². The number of aliphatic hydroxyl groups excluding tert-OH is 1. The minimum absolute atomic E-state index is 0.00517. The van der Waals surface area contributed by atoms with Crippen LogP contribution in [-0.4, -0.2) is 34.7 Å². The van der Waals surface area contributed by atoms with E-state index in [-0.39, 0.29) is 13.0 Å². The van der Waals surface area contributed by atoms with Crippen molar-refractivity contribution in [3.8, 4) is 0 Å². The summed E-state index contributed by atoms with van der Waals surface area (Å²) in [7, 11) is 0. The van der Waals surface area contributed by atoms with Crippen molar-refractivity contribution < 1.29 is 19.8 Å². The highest BCUT2D eigenvalue weighted by molar-refractivity contribution is 7.08. The van der Waals surface area contributed by atoms with Gasteiger partial charge in [-0.1, -0.05) is 0 Å². The average molecular weight is 229 g/mol. The lowest BCUT2D eigenvalue weighted by atomic mass is 10.2. The van der Waals surface area contributed by atoms with E-state index >= 15 is 0 Å². The Morgan fingerprint density at radius 1 is 1.53 bits per heavy atom. The normalized spacial score (nSPS) is 12.1. The number of amides is 1. The maximum Gasteiger partial charge on any atom is 0.326 e. The molecule has 0 saturated carbocycles. The molecule has 0 fully saturated rings. The first kappa shape index (κ1) is 11.7. The molecule has 15 heavy (non-hydrogen) atoms. The number of rotatable bonds is 5. The number of carbonyl (C=O) groups excluding carboxylic acids is 1. The highest BCUT2D eigenvalue weighted by Gasteiger charge is 2.19. The van der Waals surface area contributed by atoms with Gasteiger partial charge in [-0.15, -0.1) is 0 Å². The standard InChI is InChI=1S/C9H11NO4S/c11-3-1-7(9(13)14)10-8(12)6-2-4-15-5-6/h2,4-5,7,11H,1,3H2,(H,10,12)(H,13,14). The number of hydrogen-bond acceptors (Lipinski definition) is 4. The molecule has 1 atom stereocenters. The highest BCUT2D eigenvalue weighted by atomic mass is 32.1. The summed E-state index contributed by atoms with van der Waals surface area (Å²) in [4.78, 5) is 22.1. The van der Waals surface area contributed by atoms with Crippen LogP contribution in [0.15, 0.2) is 16.8 Å². The van der Waals surface area contributed by atoms with Gasteiger partial charge in [0.1, 0.15) is 6.04 Å². The quantitative estimate of drug-likeness (QED) is 0.678. The van der Waals surface area contributed by atoms with Crippen molar-refractivity contribution in [1.29, 1.82) is 0 Å². The largest absolute Gasteiger partial charge is 0.480 e. The molecule has 0 aliphatic carbocycles. The molecule has 82 valence electrons. The van der Waals surface area contributed by atoms with Crippen LogP contribution in [0, 0.1) is 0 Å². The lowest BCUT2D eigenvalue weighted by molar-refractivity contribution is -0.139. The maximum absolute atomic E-state index is 11.4. The summed E-state index contributed by atoms with van der Waals surface area (Å²) in [6.45, 7) is -0.277. The zero-order valence-electron chi connectivity index (χ0n) is 7.84. The molecule has 1 aromatic rings. The summed E-state index contributed by atoms with van der Waals surface area (Å²) >= 11 is 1.36. The van der Waals surface area contributed by atoms with Crippen LogP contribution in [0.5, 0.6) is 0 Å². The minimum atomic E-state index is -1.15. The number of hydrogen-bond donors (Lipinski definition) is 3. The van der Waals surface area contributed by atoms with Gasteiger partial charge in [-0.05, 0) is 11.4 Å². The first-order chi connectivity index (χ1) is 7.15. The molecule has 0 aliphatic heterocycles. The fourth-order valence-corrected chi connectivity index (χ4v) is 1.66. The van der Waals surface area contributed by atoms with Crippen molar-refractivity contribution in [1.82, 2.24) is 5.32 Å². The molecule has 0 spiro atoms. The molecule has 3 N–H and O–H groups in total. The predicted octanol–water partition coefficient (Wildman–Crippen LogP) is 0.313. The van der Waals surface area contributed by atoms with E-state index in [0.29, 0.717) is 5.56 Å². The summed E-state index contributed by atoms with van der Waals surface area (Å²) in [5.74, 6) is -1.58. The Kier molecular flexibility index (Phi) is 4.26. The summed E-state index contributed by atoms with van der Waals surface area (Å²) in [5.41, 5.74) is 0.434. The number of carbonyl (C=O) groups is 2. The van der Waals surface area contributed by atoms with Crippen LogP contribution < -0.4 is 5.32 Å². The Labute approximate surface area is 90.4 Å². The molecule has 0 aromatic carbocycles. The molecular weight excluding hydrogens is 218 g/mol. The lowest BCUT2D eigenvalue weighted by Gasteiger charge is -2.12. The zero-order chi connectivity index (χ0) is 11.3. The van der Waals surface area contributed by atoms with E-state index in [1.54, 1.807) is 16.8 Å². The Hall–Kier alpha value is -1.40. The molecule has 0 bridgehead atoms. The van der Waals surface area contributed by atoms with Gasteiger partial charge in [0, 0.05) is 18.4 Å². The second-order valence-electron chi connectivity index (χ2n) is 2.89. The van der Waals surface area contributed by atoms with Crippen LogP contribution in [0.2, 0.25) is 0 Å². The molecule has 5 nitrogen and oxygen atoms in total. The first-order valence-corrected chi connectivity index (χ1v) is 5.26. The molecule has 1 unspecified atom stereocenters. The van der Waals surface area contributed by atoms with Crippen LogP contribution >= 0.6 is 11.3 Å². The molecule has 0 aliphatic rings. The van der Waals surface area contributed by atoms with Gasteiger partial charge in [0.2, 0.25) is 0 Å². The summed E-state index contributed by atoms with van der Waals surface area (Å²) in [5, 5.41) is 23.0. The highest BCUT2D eigenvalue weighted by Crippen LogP contribution is 2.06. The fraction of sp³-hybridized carbons (Fsp3) is 0.333. The number of carboxylic acids is 1. The molecule has 0 radical (unpaired) electrons. The molecule has 6 heteroatoms. The maximum atomic E-state index is 11.4. The van der Waals surface area contributed by atoms with Crippen LogP contribution in [0.4, 0.5) is 0 Å². The molecule has 1 amide bonds. The third-order valence-electron chi connectivity index (χ3n) is 1.80. The Bertz CT molecular complexity index is 336. The first-order valence-electron chi connectivity index (χ1n) is 4.32. The number of carboxylic acid groups (broad SMARTS) is 1. The Morgan fingerprint density at radius 3 is 2.73 bits per heavy atom. The Balaban J connectivity index is 2.59. The van der Waals surface area contributed by atoms with Gasteiger partial charge in [-0.3, -0.25) is 4.79 Å². The second kappa shape index (κ2) is 5.47. The van der Waals surface area contributed by atoms with Crippen molar-refractivity contribution >= 4 is 23.2 Å². The van der Waals surface area contributed by atoms with Gasteiger partial charge in [0.15, 0.2) is 0 Å². The van der Waals surface area contributed by atoms with Crippen molar-refractivity contribution in [3.05, 3.63) is 22.4 Å². The van der Waals surface area contributed by atoms with E-state index in [1.807, 2.05) is 0 Å². The van der Waals surface area contributed by atoms with E-state index in [9.17, 15) is 9.59 Å². The van der Waals surface area contributed by atoms with Crippen molar-refractivity contribution in [3.63, 3.8) is 0 Å². The lowest BCUT2D eigenvalue weighted by Crippen LogP contribution is -2.41. The summed E-state index contributed by atoms with van der Waals surface area (Å²) < 4.78 is 0. The van der Waals surface area contributed by atoms with E-state index in [1.165, 1.54) is 11.3 Å². The zero-order valence-corrected chi connectivity index (χ0v) is 8.66. The minimum Gasteiger partial charge on any atom is -0.480 e. The Morgan fingerprint density at radius 2 is 2.27 bits per heavy atom. The monoisotopic (exact) mass is 229 g/mol. The van der Waals surface area contributed by atoms with Crippen LogP contribution in [0.3, 0.4) is 0 Å². The van der Waals surface area contributed by atoms with Gasteiger partial charge in [0.25, 0.3) is 5.91 Å². The predicted molar refractivity (Wildman–Crippen MR) is 54.9 cm³/mol. The van der Waals surface area contributed by atoms with Gasteiger partial charge >= 0.3 is 5.97 Å². The SMILES string of the molecule is O=C(NC(CCO)C(=O)O)c1ccsc1. The van der Waals surface area contributed by atoms with Gasteiger partial charge in [0.05, 0.1) is 5.56 Å². The van der Waals surface area contributed by atoms with Crippen molar-refractivity contribution in [2.75, 3.05) is 6.61 Å². The van der Waals surface area contributed by atoms with Crippen LogP contribution in [0.25, 0.3) is 0 Å². The topological polar surface area (TPSA) is 86.6 Å². The third kappa shape index (κ3) is 3.34. The van der Waals surface area contributed by atoms with Gasteiger partial charge < -0.3 is 15.5 Å². The number of aliphatic carboxylic acids is 1.